The summed E-state index contributed by atoms with van der Waals surface area (Å²) in [6.45, 7) is 3.84. The Morgan fingerprint density at radius 3 is 2.26 bits per heavy atom. The van der Waals surface area contributed by atoms with Gasteiger partial charge in [0.1, 0.15) is 17.6 Å². The largest absolute Gasteiger partial charge is 0.484 e. The lowest BCUT2D eigenvalue weighted by Gasteiger charge is -2.32. The summed E-state index contributed by atoms with van der Waals surface area (Å²) in [6.07, 6.45) is 1.11. The van der Waals surface area contributed by atoms with E-state index in [4.69, 9.17) is 4.74 Å². The first-order valence-corrected chi connectivity index (χ1v) is 12.4. The summed E-state index contributed by atoms with van der Waals surface area (Å²) in [4.78, 5) is 28.4. The predicted octanol–water partition coefficient (Wildman–Crippen LogP) is 5.52. The summed E-state index contributed by atoms with van der Waals surface area (Å²) in [7, 11) is 0. The summed E-state index contributed by atoms with van der Waals surface area (Å²) >= 11 is 3.38. The second-order valence-electron chi connectivity index (χ2n) is 8.41. The van der Waals surface area contributed by atoms with Gasteiger partial charge in [-0.05, 0) is 60.9 Å². The van der Waals surface area contributed by atoms with Crippen molar-refractivity contribution in [3.63, 3.8) is 0 Å². The van der Waals surface area contributed by atoms with E-state index < -0.39 is 6.04 Å². The molecule has 3 rings (SSSR count). The fourth-order valence-electron chi connectivity index (χ4n) is 3.54. The predicted molar refractivity (Wildman–Crippen MR) is 138 cm³/mol. The first-order chi connectivity index (χ1) is 16.9. The zero-order chi connectivity index (χ0) is 25.2. The van der Waals surface area contributed by atoms with Crippen molar-refractivity contribution in [2.75, 3.05) is 6.61 Å². The lowest BCUT2D eigenvalue weighted by Crippen LogP contribution is -2.53. The van der Waals surface area contributed by atoms with Gasteiger partial charge in [-0.3, -0.25) is 9.59 Å². The molecule has 0 aliphatic carbocycles. The van der Waals surface area contributed by atoms with Gasteiger partial charge in [-0.15, -0.1) is 0 Å². The van der Waals surface area contributed by atoms with Gasteiger partial charge in [0.25, 0.3) is 5.91 Å². The molecule has 0 aromatic heterocycles. The maximum atomic E-state index is 13.5. The van der Waals surface area contributed by atoms with Crippen LogP contribution in [0.15, 0.2) is 83.3 Å². The number of carbonyl (C=O) groups excluding carboxylic acids is 2. The maximum Gasteiger partial charge on any atom is 0.261 e. The molecule has 0 aliphatic rings. The van der Waals surface area contributed by atoms with Gasteiger partial charge in [-0.25, -0.2) is 4.39 Å². The molecular weight excluding hydrogens is 511 g/mol. The first-order valence-electron chi connectivity index (χ1n) is 11.6. The van der Waals surface area contributed by atoms with Gasteiger partial charge in [0.05, 0.1) is 0 Å². The van der Waals surface area contributed by atoms with Crippen molar-refractivity contribution in [1.29, 1.82) is 0 Å². The molecule has 0 radical (unpaired) electrons. The van der Waals surface area contributed by atoms with Crippen LogP contribution in [0.4, 0.5) is 4.39 Å². The highest BCUT2D eigenvalue weighted by Crippen LogP contribution is 2.18. The number of hydrogen-bond donors (Lipinski definition) is 1. The summed E-state index contributed by atoms with van der Waals surface area (Å²) in [5.74, 6) is -0.382. The smallest absolute Gasteiger partial charge is 0.261 e. The minimum atomic E-state index is -0.766. The van der Waals surface area contributed by atoms with Crippen molar-refractivity contribution in [3.05, 3.63) is 100 Å². The van der Waals surface area contributed by atoms with Gasteiger partial charge in [0.2, 0.25) is 5.91 Å². The molecule has 2 amide bonds. The summed E-state index contributed by atoms with van der Waals surface area (Å²) < 4.78 is 20.1. The van der Waals surface area contributed by atoms with Crippen molar-refractivity contribution in [2.24, 2.45) is 0 Å². The third-order valence-electron chi connectivity index (χ3n) is 5.71. The first kappa shape index (κ1) is 26.4. The number of nitrogens with zero attached hydrogens (tertiary/aromatic N) is 1. The molecule has 0 heterocycles. The molecule has 7 heteroatoms. The SMILES string of the molecule is CC[C@@H](C)NC(=O)[C@H](Cc1ccccc1)N(Cc1ccc(F)cc1)C(=O)COc1ccc(Br)cc1. The average molecular weight is 541 g/mol. The number of rotatable bonds is 11. The van der Waals surface area contributed by atoms with E-state index in [-0.39, 0.29) is 36.8 Å². The van der Waals surface area contributed by atoms with Gasteiger partial charge in [0.15, 0.2) is 6.61 Å². The molecule has 5 nitrogen and oxygen atoms in total. The van der Waals surface area contributed by atoms with Gasteiger partial charge in [-0.1, -0.05) is 65.3 Å². The highest BCUT2D eigenvalue weighted by Gasteiger charge is 2.31. The Labute approximate surface area is 214 Å². The minimum absolute atomic E-state index is 0.0393. The Bertz CT molecular complexity index is 1090. The Kier molecular flexibility index (Phi) is 9.85. The van der Waals surface area contributed by atoms with Gasteiger partial charge < -0.3 is 15.0 Å². The van der Waals surface area contributed by atoms with Crippen molar-refractivity contribution in [3.8, 4) is 5.75 Å². The molecule has 3 aromatic rings. The fourth-order valence-corrected chi connectivity index (χ4v) is 3.80. The number of nitrogens with one attached hydrogen (secondary N) is 1. The molecule has 0 aliphatic heterocycles. The van der Waals surface area contributed by atoms with E-state index in [1.54, 1.807) is 24.3 Å². The topological polar surface area (TPSA) is 58.6 Å². The highest BCUT2D eigenvalue weighted by atomic mass is 79.9. The van der Waals surface area contributed by atoms with Crippen LogP contribution in [-0.2, 0) is 22.6 Å². The Morgan fingerprint density at radius 1 is 0.971 bits per heavy atom. The average Bonchev–Trinajstić information content (AvgIpc) is 2.87. The molecule has 0 saturated heterocycles. The third-order valence-corrected chi connectivity index (χ3v) is 6.24. The van der Waals surface area contributed by atoms with E-state index in [0.29, 0.717) is 12.2 Å². The normalized spacial score (nSPS) is 12.5. The number of amides is 2. The molecule has 184 valence electrons. The Morgan fingerprint density at radius 2 is 1.63 bits per heavy atom. The number of benzene rings is 3. The van der Waals surface area contributed by atoms with Gasteiger partial charge in [-0.2, -0.15) is 0 Å². The zero-order valence-electron chi connectivity index (χ0n) is 19.9. The van der Waals surface area contributed by atoms with Crippen molar-refractivity contribution in [1.82, 2.24) is 10.2 Å². The molecule has 0 saturated carbocycles. The molecule has 2 atom stereocenters. The number of hydrogen-bond acceptors (Lipinski definition) is 3. The van der Waals surface area contributed by atoms with E-state index in [1.165, 1.54) is 17.0 Å². The molecule has 35 heavy (non-hydrogen) atoms. The highest BCUT2D eigenvalue weighted by molar-refractivity contribution is 9.10. The molecule has 3 aromatic carbocycles. The van der Waals surface area contributed by atoms with Crippen LogP contribution in [0.3, 0.4) is 0 Å². The van der Waals surface area contributed by atoms with Crippen LogP contribution in [0, 0.1) is 5.82 Å². The lowest BCUT2D eigenvalue weighted by molar-refractivity contribution is -0.143. The molecule has 0 fully saturated rings. The van der Waals surface area contributed by atoms with Crippen molar-refractivity contribution in [2.45, 2.75) is 45.3 Å². The molecule has 1 N–H and O–H groups in total. The molecule has 0 unspecified atom stereocenters. The van der Waals surface area contributed by atoms with E-state index in [1.807, 2.05) is 56.3 Å². The van der Waals surface area contributed by atoms with Crippen LogP contribution >= 0.6 is 15.9 Å². The van der Waals surface area contributed by atoms with Crippen molar-refractivity contribution < 1.29 is 18.7 Å². The summed E-state index contributed by atoms with van der Waals surface area (Å²) in [5, 5.41) is 3.02. The van der Waals surface area contributed by atoms with E-state index >= 15 is 0 Å². The monoisotopic (exact) mass is 540 g/mol. The van der Waals surface area contributed by atoms with E-state index in [2.05, 4.69) is 21.2 Å². The van der Waals surface area contributed by atoms with E-state index in [0.717, 1.165) is 22.0 Å². The fraction of sp³-hybridized carbons (Fsp3) is 0.286. The second-order valence-corrected chi connectivity index (χ2v) is 9.33. The Balaban J connectivity index is 1.89. The molecular formula is C28H30BrFN2O3. The van der Waals surface area contributed by atoms with Gasteiger partial charge >= 0.3 is 0 Å². The zero-order valence-corrected chi connectivity index (χ0v) is 21.5. The van der Waals surface area contributed by atoms with Crippen LogP contribution < -0.4 is 10.1 Å². The molecule has 0 spiro atoms. The summed E-state index contributed by atoms with van der Waals surface area (Å²) in [6, 6.07) is 21.9. The minimum Gasteiger partial charge on any atom is -0.484 e. The second kappa shape index (κ2) is 13.0. The number of carbonyl (C=O) groups is 2. The number of ether oxygens (including phenoxy) is 1. The third kappa shape index (κ3) is 8.21. The Hall–Kier alpha value is -3.19. The van der Waals surface area contributed by atoms with Gasteiger partial charge in [0, 0.05) is 23.5 Å². The van der Waals surface area contributed by atoms with Crippen molar-refractivity contribution >= 4 is 27.7 Å². The lowest BCUT2D eigenvalue weighted by atomic mass is 10.0. The van der Waals surface area contributed by atoms with Crippen LogP contribution in [0.1, 0.15) is 31.4 Å². The van der Waals surface area contributed by atoms with Crippen LogP contribution in [0.2, 0.25) is 0 Å². The number of halogens is 2. The van der Waals surface area contributed by atoms with E-state index in [9.17, 15) is 14.0 Å². The maximum absolute atomic E-state index is 13.5. The van der Waals surface area contributed by atoms with Crippen LogP contribution in [0.25, 0.3) is 0 Å². The van der Waals surface area contributed by atoms with Crippen LogP contribution in [-0.4, -0.2) is 35.4 Å². The quantitative estimate of drug-likeness (QED) is 0.348. The standard InChI is InChI=1S/C28H30BrFN2O3/c1-3-20(2)31-28(34)26(17-21-7-5-4-6-8-21)32(18-22-9-13-24(30)14-10-22)27(33)19-35-25-15-11-23(29)12-16-25/h4-16,20,26H,3,17-19H2,1-2H3,(H,31,34)/t20-,26+/m1/s1. The molecule has 0 bridgehead atoms. The van der Waals surface area contributed by atoms with Crippen LogP contribution in [0.5, 0.6) is 5.75 Å². The summed E-state index contributed by atoms with van der Waals surface area (Å²) in [5.41, 5.74) is 1.65.